The summed E-state index contributed by atoms with van der Waals surface area (Å²) in [6.07, 6.45) is 2.61. The first-order valence-electron chi connectivity index (χ1n) is 8.83. The van der Waals surface area contributed by atoms with Crippen LogP contribution in [0.3, 0.4) is 0 Å². The Kier molecular flexibility index (Phi) is 6.04. The number of carbonyl (C=O) groups excluding carboxylic acids is 1. The second-order valence-electron chi connectivity index (χ2n) is 8.17. The van der Waals surface area contributed by atoms with Crippen molar-refractivity contribution >= 4 is 5.91 Å². The van der Waals surface area contributed by atoms with E-state index in [2.05, 4.69) is 40.5 Å². The molecule has 0 aliphatic heterocycles. The first-order valence-corrected chi connectivity index (χ1v) is 8.83. The maximum absolute atomic E-state index is 12.3. The smallest absolute Gasteiger partial charge is 0.234 e. The topological polar surface area (TPSA) is 70.4 Å². The lowest BCUT2D eigenvalue weighted by Gasteiger charge is -2.28. The number of aliphatic hydroxyl groups is 1. The van der Waals surface area contributed by atoms with E-state index in [1.54, 1.807) is 0 Å². The Hall–Kier alpha value is -1.40. The van der Waals surface area contributed by atoms with Gasteiger partial charge >= 0.3 is 0 Å². The van der Waals surface area contributed by atoms with E-state index in [4.69, 9.17) is 0 Å². The van der Waals surface area contributed by atoms with Crippen LogP contribution in [0.25, 0.3) is 0 Å². The highest BCUT2D eigenvalue weighted by molar-refractivity contribution is 5.78. The van der Waals surface area contributed by atoms with Gasteiger partial charge in [-0.05, 0) is 32.2 Å². The summed E-state index contributed by atoms with van der Waals surface area (Å²) in [6.45, 7) is 10.5. The Morgan fingerprint density at radius 3 is 2.79 bits per heavy atom. The molecule has 2 rings (SSSR count). The Bertz CT molecular complexity index is 574. The van der Waals surface area contributed by atoms with Crippen molar-refractivity contribution in [3.63, 3.8) is 0 Å². The molecule has 1 atom stereocenters. The van der Waals surface area contributed by atoms with Crippen LogP contribution in [-0.4, -0.2) is 58.3 Å². The fraction of sp³-hybridized carbons (Fsp3) is 0.778. The fourth-order valence-electron chi connectivity index (χ4n) is 3.66. The number of amides is 1. The van der Waals surface area contributed by atoms with Crippen molar-refractivity contribution in [1.29, 1.82) is 0 Å². The van der Waals surface area contributed by atoms with Gasteiger partial charge in [-0.2, -0.15) is 0 Å². The van der Waals surface area contributed by atoms with E-state index in [0.29, 0.717) is 13.1 Å². The average Bonchev–Trinajstić information content (AvgIpc) is 2.72. The van der Waals surface area contributed by atoms with Crippen molar-refractivity contribution in [2.45, 2.75) is 59.5 Å². The molecule has 1 amide bonds. The van der Waals surface area contributed by atoms with Gasteiger partial charge in [0.25, 0.3) is 0 Å². The van der Waals surface area contributed by atoms with E-state index in [-0.39, 0.29) is 24.0 Å². The van der Waals surface area contributed by atoms with E-state index < -0.39 is 0 Å². The summed E-state index contributed by atoms with van der Waals surface area (Å²) >= 11 is 0. The van der Waals surface area contributed by atoms with E-state index in [1.165, 1.54) is 5.69 Å². The Balaban J connectivity index is 1.89. The second-order valence-corrected chi connectivity index (χ2v) is 8.17. The van der Waals surface area contributed by atoms with Crippen molar-refractivity contribution < 1.29 is 9.90 Å². The largest absolute Gasteiger partial charge is 0.395 e. The fourth-order valence-corrected chi connectivity index (χ4v) is 3.66. The highest BCUT2D eigenvalue weighted by Gasteiger charge is 2.25. The third-order valence-corrected chi connectivity index (χ3v) is 4.36. The van der Waals surface area contributed by atoms with Gasteiger partial charge in [-0.15, -0.1) is 0 Å². The van der Waals surface area contributed by atoms with Crippen molar-refractivity contribution in [1.82, 2.24) is 19.8 Å². The number of aliphatic hydroxyl groups excluding tert-OH is 1. The molecule has 1 aromatic rings. The van der Waals surface area contributed by atoms with E-state index in [9.17, 15) is 9.90 Å². The van der Waals surface area contributed by atoms with Crippen molar-refractivity contribution in [3.8, 4) is 0 Å². The number of likely N-dealkylation sites (N-methyl/N-ethyl adjacent to an activating group) is 1. The molecule has 0 spiro atoms. The number of carbonyl (C=O) groups is 1. The van der Waals surface area contributed by atoms with Crippen LogP contribution < -0.4 is 5.32 Å². The maximum Gasteiger partial charge on any atom is 0.234 e. The van der Waals surface area contributed by atoms with Gasteiger partial charge in [-0.25, -0.2) is 4.98 Å². The minimum atomic E-state index is 0.0849. The Labute approximate surface area is 145 Å². The lowest BCUT2D eigenvalue weighted by Crippen LogP contribution is -2.44. The van der Waals surface area contributed by atoms with Crippen LogP contribution in [0.15, 0.2) is 0 Å². The molecule has 6 nitrogen and oxygen atoms in total. The summed E-state index contributed by atoms with van der Waals surface area (Å²) in [5.74, 6) is 1.03. The number of imidazole rings is 1. The summed E-state index contributed by atoms with van der Waals surface area (Å²) in [5, 5.41) is 12.3. The van der Waals surface area contributed by atoms with Crippen LogP contribution in [0.1, 0.15) is 44.4 Å². The first-order chi connectivity index (χ1) is 11.2. The Morgan fingerprint density at radius 2 is 2.17 bits per heavy atom. The molecule has 0 saturated heterocycles. The highest BCUT2D eigenvalue weighted by atomic mass is 16.3. The molecule has 2 N–H and O–H groups in total. The minimum Gasteiger partial charge on any atom is -0.395 e. The molecule has 0 radical (unpaired) electrons. The Morgan fingerprint density at radius 1 is 1.46 bits per heavy atom. The third kappa shape index (κ3) is 5.05. The number of aromatic nitrogens is 2. The molecule has 136 valence electrons. The molecular weight excluding hydrogens is 304 g/mol. The molecule has 1 aliphatic rings. The van der Waals surface area contributed by atoms with Gasteiger partial charge in [0.2, 0.25) is 5.91 Å². The van der Waals surface area contributed by atoms with Gasteiger partial charge in [0, 0.05) is 31.2 Å². The molecule has 0 saturated carbocycles. The normalized spacial score (nSPS) is 17.9. The van der Waals surface area contributed by atoms with Crippen molar-refractivity contribution in [3.05, 3.63) is 17.2 Å². The first kappa shape index (κ1) is 18.9. The lowest BCUT2D eigenvalue weighted by molar-refractivity contribution is -0.122. The molecular formula is C18H32N4O2. The summed E-state index contributed by atoms with van der Waals surface area (Å²) < 4.78 is 2.10. The van der Waals surface area contributed by atoms with E-state index >= 15 is 0 Å². The van der Waals surface area contributed by atoms with E-state index in [1.807, 2.05) is 14.0 Å². The SMILES string of the molecule is Cc1nc2c(n1CCO)CCC(NC(=O)CN(C)CC(C)(C)C)C2. The number of hydrogen-bond acceptors (Lipinski definition) is 4. The molecule has 0 bridgehead atoms. The number of aryl methyl sites for hydroxylation is 1. The number of fused-ring (bicyclic) bond motifs is 1. The van der Waals surface area contributed by atoms with Gasteiger partial charge in [-0.3, -0.25) is 9.69 Å². The van der Waals surface area contributed by atoms with Crippen LogP contribution in [0.2, 0.25) is 0 Å². The molecule has 0 fully saturated rings. The summed E-state index contributed by atoms with van der Waals surface area (Å²) in [6, 6.07) is 0.157. The van der Waals surface area contributed by atoms with Crippen molar-refractivity contribution in [2.75, 3.05) is 26.7 Å². The monoisotopic (exact) mass is 336 g/mol. The molecule has 1 unspecified atom stereocenters. The van der Waals surface area contributed by atoms with Crippen LogP contribution in [-0.2, 0) is 24.2 Å². The minimum absolute atomic E-state index is 0.0849. The lowest BCUT2D eigenvalue weighted by atomic mass is 9.95. The standard InChI is InChI=1S/C18H32N4O2/c1-13-19-15-10-14(6-7-16(15)22(13)8-9-23)20-17(24)11-21(5)12-18(2,3)4/h14,23H,6-12H2,1-5H3,(H,20,24). The van der Waals surface area contributed by atoms with Gasteiger partial charge in [0.15, 0.2) is 0 Å². The average molecular weight is 336 g/mol. The number of nitrogens with zero attached hydrogens (tertiary/aromatic N) is 3. The molecule has 1 aromatic heterocycles. The zero-order valence-corrected chi connectivity index (χ0v) is 15.7. The summed E-state index contributed by atoms with van der Waals surface area (Å²) in [5.41, 5.74) is 2.48. The van der Waals surface area contributed by atoms with Crippen molar-refractivity contribution in [2.24, 2.45) is 5.41 Å². The second kappa shape index (κ2) is 7.66. The van der Waals surface area contributed by atoms with Gasteiger partial charge in [0.1, 0.15) is 5.82 Å². The quantitative estimate of drug-likeness (QED) is 0.817. The van der Waals surface area contributed by atoms with Crippen LogP contribution >= 0.6 is 0 Å². The molecule has 6 heteroatoms. The summed E-state index contributed by atoms with van der Waals surface area (Å²) in [4.78, 5) is 19.0. The van der Waals surface area contributed by atoms with Crippen LogP contribution in [0.5, 0.6) is 0 Å². The molecule has 1 heterocycles. The van der Waals surface area contributed by atoms with Crippen LogP contribution in [0.4, 0.5) is 0 Å². The molecule has 24 heavy (non-hydrogen) atoms. The van der Waals surface area contributed by atoms with E-state index in [0.717, 1.165) is 37.3 Å². The zero-order valence-electron chi connectivity index (χ0n) is 15.7. The van der Waals surface area contributed by atoms with Gasteiger partial charge < -0.3 is 15.0 Å². The molecule has 1 aliphatic carbocycles. The predicted molar refractivity (Wildman–Crippen MR) is 95.0 cm³/mol. The predicted octanol–water partition coefficient (Wildman–Crippen LogP) is 1.14. The highest BCUT2D eigenvalue weighted by Crippen LogP contribution is 2.22. The zero-order chi connectivity index (χ0) is 17.9. The van der Waals surface area contributed by atoms with Gasteiger partial charge in [0.05, 0.1) is 18.8 Å². The third-order valence-electron chi connectivity index (χ3n) is 4.36. The number of hydrogen-bond donors (Lipinski definition) is 2. The number of rotatable bonds is 6. The number of nitrogens with one attached hydrogen (secondary N) is 1. The molecule has 0 aromatic carbocycles. The van der Waals surface area contributed by atoms with Crippen LogP contribution in [0, 0.1) is 12.3 Å². The summed E-state index contributed by atoms with van der Waals surface area (Å²) in [7, 11) is 1.99. The van der Waals surface area contributed by atoms with Gasteiger partial charge in [-0.1, -0.05) is 20.8 Å². The maximum atomic E-state index is 12.3.